The summed E-state index contributed by atoms with van der Waals surface area (Å²) in [6.07, 6.45) is 2.18. The Hall–Kier alpha value is -5.35. The molecule has 1 N–H and O–H groups in total. The fraction of sp³-hybridized carbons (Fsp3) is 0.289. The third-order valence-electron chi connectivity index (χ3n) is 9.34. The van der Waals surface area contributed by atoms with E-state index in [4.69, 9.17) is 9.15 Å². The van der Waals surface area contributed by atoms with Crippen LogP contribution in [0, 0.1) is 0 Å². The average Bonchev–Trinajstić information content (AvgIpc) is 3.71. The number of hydrazine groups is 1. The molecule has 0 aliphatic carbocycles. The number of nitrogens with zero attached hydrogens (tertiary/aromatic N) is 4. The van der Waals surface area contributed by atoms with Gasteiger partial charge in [-0.25, -0.2) is 4.79 Å². The first-order valence-electron chi connectivity index (χ1n) is 16.4. The lowest BCUT2D eigenvalue weighted by atomic mass is 9.98. The molecule has 2 atom stereocenters. The molecule has 4 amide bonds. The van der Waals surface area contributed by atoms with Crippen molar-refractivity contribution >= 4 is 39.6 Å². The number of carbonyl (C=O) groups is 3. The maximum absolute atomic E-state index is 14.4. The van der Waals surface area contributed by atoms with Crippen molar-refractivity contribution in [3.05, 3.63) is 114 Å². The number of hydrogen-bond donors (Lipinski definition) is 1. The van der Waals surface area contributed by atoms with Gasteiger partial charge in [-0.15, -0.1) is 0 Å². The number of nitrogens with one attached hydrogen (secondary N) is 1. The van der Waals surface area contributed by atoms with Gasteiger partial charge in [0.15, 0.2) is 0 Å². The van der Waals surface area contributed by atoms with Gasteiger partial charge in [0.25, 0.3) is 0 Å². The molecule has 4 aromatic carbocycles. The van der Waals surface area contributed by atoms with Gasteiger partial charge in [0.2, 0.25) is 11.8 Å². The molecule has 2 aliphatic rings. The molecule has 2 fully saturated rings. The van der Waals surface area contributed by atoms with Crippen LogP contribution in [0.15, 0.2) is 102 Å². The Labute approximate surface area is 279 Å². The molecular formula is C38H39N5O5. The van der Waals surface area contributed by atoms with Gasteiger partial charge >= 0.3 is 6.03 Å². The second-order valence-electron chi connectivity index (χ2n) is 12.4. The molecule has 2 aliphatic heterocycles. The second-order valence-corrected chi connectivity index (χ2v) is 12.4. The standard InChI is InChI=1S/C38H39N5O5/c1-3-18-41(38(46)39-22-26-11-14-31(47-2)15-12-26)42-25-36(44)43-33(21-27-13-16-34-29(20-27)17-19-48-34)37(45)40(24-35(42)43)23-30-9-6-8-28-7-4-5-10-32(28)30/h4-17,19-20,33,35H,3,18,21-25H2,1-2H3,(H,39,46)/t33-,35+/m0/s1. The van der Waals surface area contributed by atoms with Crippen molar-refractivity contribution in [2.24, 2.45) is 0 Å². The van der Waals surface area contributed by atoms with Crippen LogP contribution < -0.4 is 10.1 Å². The summed E-state index contributed by atoms with van der Waals surface area (Å²) in [5, 5.41) is 9.67. The second kappa shape index (κ2) is 13.4. The Bertz CT molecular complexity index is 1950. The number of furan rings is 1. The van der Waals surface area contributed by atoms with Gasteiger partial charge in [-0.05, 0) is 64.2 Å². The lowest BCUT2D eigenvalue weighted by Crippen LogP contribution is -2.66. The number of hydrogen-bond acceptors (Lipinski definition) is 6. The molecule has 5 aromatic rings. The molecule has 0 radical (unpaired) electrons. The van der Waals surface area contributed by atoms with E-state index in [9.17, 15) is 14.4 Å². The van der Waals surface area contributed by atoms with Crippen molar-refractivity contribution in [2.45, 2.75) is 45.1 Å². The third-order valence-corrected chi connectivity index (χ3v) is 9.34. The molecule has 7 rings (SSSR count). The number of carbonyl (C=O) groups excluding carboxylic acids is 3. The van der Waals surface area contributed by atoms with E-state index in [0.717, 1.165) is 44.2 Å². The maximum atomic E-state index is 14.4. The summed E-state index contributed by atoms with van der Waals surface area (Å²) >= 11 is 0. The van der Waals surface area contributed by atoms with E-state index in [1.54, 1.807) is 23.3 Å². The van der Waals surface area contributed by atoms with E-state index in [-0.39, 0.29) is 30.9 Å². The van der Waals surface area contributed by atoms with Crippen molar-refractivity contribution in [3.63, 3.8) is 0 Å². The third kappa shape index (κ3) is 6.06. The Morgan fingerprint density at radius 2 is 1.75 bits per heavy atom. The van der Waals surface area contributed by atoms with Crippen LogP contribution in [0.25, 0.3) is 21.7 Å². The summed E-state index contributed by atoms with van der Waals surface area (Å²) in [6.45, 7) is 3.42. The molecule has 246 valence electrons. The Morgan fingerprint density at radius 1 is 0.958 bits per heavy atom. The van der Waals surface area contributed by atoms with Gasteiger partial charge in [0, 0.05) is 31.4 Å². The summed E-state index contributed by atoms with van der Waals surface area (Å²) in [5.74, 6) is 0.469. The van der Waals surface area contributed by atoms with Crippen LogP contribution in [0.5, 0.6) is 5.75 Å². The quantitative estimate of drug-likeness (QED) is 0.214. The molecule has 0 unspecified atom stereocenters. The smallest absolute Gasteiger partial charge is 0.332 e. The molecule has 48 heavy (non-hydrogen) atoms. The molecule has 2 saturated heterocycles. The first kappa shape index (κ1) is 31.3. The summed E-state index contributed by atoms with van der Waals surface area (Å²) < 4.78 is 10.8. The van der Waals surface area contributed by atoms with Crippen LogP contribution in [0.4, 0.5) is 4.79 Å². The van der Waals surface area contributed by atoms with Crippen molar-refractivity contribution < 1.29 is 23.5 Å². The van der Waals surface area contributed by atoms with Gasteiger partial charge < -0.3 is 24.3 Å². The molecule has 10 heteroatoms. The van der Waals surface area contributed by atoms with Crippen LogP contribution in [0.1, 0.15) is 30.0 Å². The van der Waals surface area contributed by atoms with Crippen LogP contribution in [0.3, 0.4) is 0 Å². The highest BCUT2D eigenvalue weighted by molar-refractivity contribution is 5.92. The highest BCUT2D eigenvalue weighted by Gasteiger charge is 2.52. The Kier molecular flexibility index (Phi) is 8.73. The van der Waals surface area contributed by atoms with E-state index in [1.165, 1.54) is 0 Å². The lowest BCUT2D eigenvalue weighted by molar-refractivity contribution is -0.157. The Balaban J connectivity index is 1.19. The minimum Gasteiger partial charge on any atom is -0.497 e. The highest BCUT2D eigenvalue weighted by Crippen LogP contribution is 2.32. The molecule has 0 bridgehead atoms. The minimum atomic E-state index is -0.730. The van der Waals surface area contributed by atoms with Gasteiger partial charge in [0.1, 0.15) is 23.5 Å². The monoisotopic (exact) mass is 645 g/mol. The maximum Gasteiger partial charge on any atom is 0.332 e. The number of piperazine rings is 1. The highest BCUT2D eigenvalue weighted by atomic mass is 16.5. The number of urea groups is 1. The van der Waals surface area contributed by atoms with Gasteiger partial charge in [-0.3, -0.25) is 14.6 Å². The zero-order valence-electron chi connectivity index (χ0n) is 27.2. The minimum absolute atomic E-state index is 0.00722. The molecule has 10 nitrogen and oxygen atoms in total. The number of benzene rings is 4. The summed E-state index contributed by atoms with van der Waals surface area (Å²) in [6, 6.07) is 28.6. The number of rotatable bonds is 10. The van der Waals surface area contributed by atoms with Crippen molar-refractivity contribution in [3.8, 4) is 5.75 Å². The molecule has 1 aromatic heterocycles. The van der Waals surface area contributed by atoms with E-state index >= 15 is 0 Å². The van der Waals surface area contributed by atoms with E-state index in [2.05, 4.69) is 29.6 Å². The predicted octanol–water partition coefficient (Wildman–Crippen LogP) is 5.56. The molecular weight excluding hydrogens is 606 g/mol. The number of amides is 4. The number of ether oxygens (including phenoxy) is 1. The first-order chi connectivity index (χ1) is 23.4. The normalized spacial score (nSPS) is 18.0. The fourth-order valence-electron chi connectivity index (χ4n) is 6.96. The zero-order valence-corrected chi connectivity index (χ0v) is 27.2. The summed E-state index contributed by atoms with van der Waals surface area (Å²) in [7, 11) is 1.62. The van der Waals surface area contributed by atoms with Crippen molar-refractivity contribution in [1.82, 2.24) is 25.1 Å². The largest absolute Gasteiger partial charge is 0.497 e. The summed E-state index contributed by atoms with van der Waals surface area (Å²) in [4.78, 5) is 45.6. The van der Waals surface area contributed by atoms with Crippen LogP contribution >= 0.6 is 0 Å². The number of methoxy groups -OCH3 is 1. The van der Waals surface area contributed by atoms with E-state index in [0.29, 0.717) is 32.5 Å². The SMILES string of the molecule is CCCN(C(=O)NCc1ccc(OC)cc1)N1CC(=O)N2[C@@H](Cc3ccc4occc4c3)C(=O)N(Cc3cccc4ccccc34)C[C@@H]21. The van der Waals surface area contributed by atoms with Crippen molar-refractivity contribution in [1.29, 1.82) is 0 Å². The molecule has 0 saturated carbocycles. The van der Waals surface area contributed by atoms with Crippen LogP contribution in [-0.2, 0) is 29.1 Å². The number of fused-ring (bicyclic) bond motifs is 3. The van der Waals surface area contributed by atoms with Crippen LogP contribution in [-0.4, -0.2) is 76.6 Å². The average molecular weight is 646 g/mol. The van der Waals surface area contributed by atoms with Crippen molar-refractivity contribution in [2.75, 3.05) is 26.7 Å². The Morgan fingerprint density at radius 3 is 2.56 bits per heavy atom. The topological polar surface area (TPSA) is 98.6 Å². The molecule has 3 heterocycles. The predicted molar refractivity (Wildman–Crippen MR) is 183 cm³/mol. The first-order valence-corrected chi connectivity index (χ1v) is 16.4. The van der Waals surface area contributed by atoms with E-state index < -0.39 is 12.2 Å². The van der Waals surface area contributed by atoms with E-state index in [1.807, 2.05) is 83.6 Å². The fourth-order valence-corrected chi connectivity index (χ4v) is 6.96. The zero-order chi connectivity index (χ0) is 33.2. The van der Waals surface area contributed by atoms with Gasteiger partial charge in [-0.2, -0.15) is 5.01 Å². The van der Waals surface area contributed by atoms with Gasteiger partial charge in [-0.1, -0.05) is 67.6 Å². The van der Waals surface area contributed by atoms with Gasteiger partial charge in [0.05, 0.1) is 26.5 Å². The molecule has 0 spiro atoms. The van der Waals surface area contributed by atoms with Crippen LogP contribution in [0.2, 0.25) is 0 Å². The lowest BCUT2D eigenvalue weighted by Gasteiger charge is -2.46. The summed E-state index contributed by atoms with van der Waals surface area (Å²) in [5.41, 5.74) is 3.66.